The maximum Gasteiger partial charge on any atom is 0.254 e. The van der Waals surface area contributed by atoms with E-state index in [0.29, 0.717) is 27.7 Å². The molecule has 0 aromatic heterocycles. The van der Waals surface area contributed by atoms with Gasteiger partial charge in [-0.25, -0.2) is 4.39 Å². The maximum absolute atomic E-state index is 13.8. The molecule has 1 unspecified atom stereocenters. The van der Waals surface area contributed by atoms with Crippen LogP contribution in [0.15, 0.2) is 36.4 Å². The molecule has 2 aromatic carbocycles. The number of carbonyl (C=O) groups excluding carboxylic acids is 1. The van der Waals surface area contributed by atoms with Gasteiger partial charge in [0.25, 0.3) is 5.91 Å². The fourth-order valence-corrected chi connectivity index (χ4v) is 2.51. The molecule has 0 aliphatic heterocycles. The Morgan fingerprint density at radius 2 is 1.90 bits per heavy atom. The van der Waals surface area contributed by atoms with Crippen molar-refractivity contribution in [2.45, 2.75) is 19.4 Å². The van der Waals surface area contributed by atoms with Crippen molar-refractivity contribution in [3.8, 4) is 0 Å². The van der Waals surface area contributed by atoms with Crippen LogP contribution in [0.5, 0.6) is 0 Å². The van der Waals surface area contributed by atoms with Crippen LogP contribution in [0, 0.1) is 5.82 Å². The van der Waals surface area contributed by atoms with Crippen molar-refractivity contribution in [1.29, 1.82) is 0 Å². The summed E-state index contributed by atoms with van der Waals surface area (Å²) in [5.41, 5.74) is 6.00. The second-order valence-electron chi connectivity index (χ2n) is 5.08. The highest BCUT2D eigenvalue weighted by molar-refractivity contribution is 7.80. The number of fused-ring (bicyclic) bond motifs is 1. The number of carbonyl (C=O) groups is 1. The molecule has 1 atom stereocenters. The molecule has 0 radical (unpaired) electrons. The third-order valence-corrected chi connectivity index (χ3v) is 3.75. The maximum atomic E-state index is 13.8. The van der Waals surface area contributed by atoms with E-state index < -0.39 is 0 Å². The Balaban J connectivity index is 2.40. The molecule has 2 rings (SSSR count). The Morgan fingerprint density at radius 1 is 1.29 bits per heavy atom. The fraction of sp³-hybridized carbons (Fsp3) is 0.250. The topological polar surface area (TPSA) is 46.3 Å². The number of nitrogens with two attached hydrogens (primary N) is 1. The van der Waals surface area contributed by atoms with Crippen LogP contribution in [0.4, 0.5) is 4.39 Å². The average molecular weight is 304 g/mol. The molecular weight excluding hydrogens is 287 g/mol. The summed E-state index contributed by atoms with van der Waals surface area (Å²) in [7, 11) is 1.70. The molecule has 0 spiro atoms. The minimum absolute atomic E-state index is 0.112. The van der Waals surface area contributed by atoms with Crippen molar-refractivity contribution < 1.29 is 9.18 Å². The Morgan fingerprint density at radius 3 is 2.52 bits per heavy atom. The number of amides is 1. The molecule has 0 heterocycles. The molecule has 21 heavy (non-hydrogen) atoms. The zero-order valence-electron chi connectivity index (χ0n) is 12.0. The molecule has 2 N–H and O–H groups in total. The first kappa shape index (κ1) is 15.4. The zero-order chi connectivity index (χ0) is 15.6. The van der Waals surface area contributed by atoms with E-state index in [9.17, 15) is 9.18 Å². The lowest BCUT2D eigenvalue weighted by atomic mass is 10.0. The van der Waals surface area contributed by atoms with Crippen molar-refractivity contribution in [2.24, 2.45) is 5.73 Å². The molecule has 0 saturated heterocycles. The van der Waals surface area contributed by atoms with E-state index >= 15 is 0 Å². The van der Waals surface area contributed by atoms with Crippen LogP contribution >= 0.6 is 12.2 Å². The molecule has 1 amide bonds. The van der Waals surface area contributed by atoms with E-state index in [1.165, 1.54) is 12.1 Å². The van der Waals surface area contributed by atoms with Crippen LogP contribution < -0.4 is 5.73 Å². The van der Waals surface area contributed by atoms with Crippen LogP contribution in [-0.2, 0) is 0 Å². The normalized spacial score (nSPS) is 12.1. The van der Waals surface area contributed by atoms with Crippen LogP contribution in [0.3, 0.4) is 0 Å². The van der Waals surface area contributed by atoms with Gasteiger partial charge in [0.2, 0.25) is 0 Å². The van der Waals surface area contributed by atoms with Crippen LogP contribution in [0.2, 0.25) is 0 Å². The number of halogens is 1. The molecule has 2 aromatic rings. The van der Waals surface area contributed by atoms with Gasteiger partial charge in [-0.3, -0.25) is 4.79 Å². The summed E-state index contributed by atoms with van der Waals surface area (Å²) >= 11 is 4.88. The van der Waals surface area contributed by atoms with E-state index in [2.05, 4.69) is 0 Å². The van der Waals surface area contributed by atoms with Gasteiger partial charge in [-0.1, -0.05) is 36.5 Å². The van der Waals surface area contributed by atoms with Crippen molar-refractivity contribution >= 4 is 33.9 Å². The van der Waals surface area contributed by atoms with Crippen LogP contribution in [-0.4, -0.2) is 28.9 Å². The van der Waals surface area contributed by atoms with Gasteiger partial charge in [-0.05, 0) is 24.4 Å². The quantitative estimate of drug-likeness (QED) is 0.883. The lowest BCUT2D eigenvalue weighted by Gasteiger charge is -2.25. The second kappa shape index (κ2) is 6.18. The lowest BCUT2D eigenvalue weighted by Crippen LogP contribution is -2.37. The van der Waals surface area contributed by atoms with Gasteiger partial charge in [-0.15, -0.1) is 0 Å². The highest BCUT2D eigenvalue weighted by Crippen LogP contribution is 2.23. The number of nitrogens with zero attached hydrogens (tertiary/aromatic N) is 1. The minimum Gasteiger partial charge on any atom is -0.393 e. The molecule has 110 valence electrons. The number of rotatable bonds is 4. The van der Waals surface area contributed by atoms with Crippen molar-refractivity contribution in [2.75, 3.05) is 7.05 Å². The summed E-state index contributed by atoms with van der Waals surface area (Å²) in [5, 5.41) is 1.05. The Kier molecular flexibility index (Phi) is 4.53. The summed E-state index contributed by atoms with van der Waals surface area (Å²) in [4.78, 5) is 14.6. The van der Waals surface area contributed by atoms with Gasteiger partial charge in [0.1, 0.15) is 5.82 Å². The number of hydrogen-bond donors (Lipinski definition) is 1. The largest absolute Gasteiger partial charge is 0.393 e. The van der Waals surface area contributed by atoms with Crippen molar-refractivity contribution in [3.05, 3.63) is 47.8 Å². The smallest absolute Gasteiger partial charge is 0.254 e. The first-order valence-electron chi connectivity index (χ1n) is 6.64. The number of thiocarbonyl (C=S) groups is 1. The summed E-state index contributed by atoms with van der Waals surface area (Å²) in [6.45, 7) is 1.88. The number of hydrogen-bond acceptors (Lipinski definition) is 2. The van der Waals surface area contributed by atoms with E-state index in [-0.39, 0.29) is 17.8 Å². The molecule has 3 nitrogen and oxygen atoms in total. The highest BCUT2D eigenvalue weighted by atomic mass is 32.1. The molecule has 0 saturated carbocycles. The predicted molar refractivity (Wildman–Crippen MR) is 86.9 cm³/mol. The summed E-state index contributed by atoms with van der Waals surface area (Å²) in [6.07, 6.45) is 0.455. The Bertz CT molecular complexity index is 702. The first-order chi connectivity index (χ1) is 9.91. The Hall–Kier alpha value is -2.01. The molecule has 0 bridgehead atoms. The average Bonchev–Trinajstić information content (AvgIpc) is 2.46. The monoisotopic (exact) mass is 304 g/mol. The van der Waals surface area contributed by atoms with Gasteiger partial charge < -0.3 is 10.6 Å². The van der Waals surface area contributed by atoms with E-state index in [1.807, 2.05) is 6.92 Å². The van der Waals surface area contributed by atoms with Gasteiger partial charge in [-0.2, -0.15) is 0 Å². The van der Waals surface area contributed by atoms with E-state index in [4.69, 9.17) is 18.0 Å². The second-order valence-corrected chi connectivity index (χ2v) is 5.60. The van der Waals surface area contributed by atoms with Gasteiger partial charge >= 0.3 is 0 Å². The van der Waals surface area contributed by atoms with Crippen molar-refractivity contribution in [3.63, 3.8) is 0 Å². The lowest BCUT2D eigenvalue weighted by molar-refractivity contribution is 0.0750. The standard InChI is InChI=1S/C16H17FN2OS/c1-10(9-15(18)21)19(2)16(20)13-7-8-14(17)12-6-4-3-5-11(12)13/h3-8,10H,9H2,1-2H3,(H2,18,21). The number of benzene rings is 2. The van der Waals surface area contributed by atoms with E-state index in [0.717, 1.165) is 0 Å². The third kappa shape index (κ3) is 3.19. The molecule has 0 aliphatic rings. The summed E-state index contributed by atoms with van der Waals surface area (Å²) < 4.78 is 13.8. The Labute approximate surface area is 128 Å². The SMILES string of the molecule is CC(CC(N)=S)N(C)C(=O)c1ccc(F)c2ccccc12. The molecule has 0 fully saturated rings. The predicted octanol–water partition coefficient (Wildman–Crippen LogP) is 3.12. The summed E-state index contributed by atoms with van der Waals surface area (Å²) in [6, 6.07) is 9.68. The zero-order valence-corrected chi connectivity index (χ0v) is 12.8. The highest BCUT2D eigenvalue weighted by Gasteiger charge is 2.20. The van der Waals surface area contributed by atoms with Gasteiger partial charge in [0, 0.05) is 30.5 Å². The minimum atomic E-state index is -0.332. The molecular formula is C16H17FN2OS. The fourth-order valence-electron chi connectivity index (χ4n) is 2.27. The first-order valence-corrected chi connectivity index (χ1v) is 7.05. The van der Waals surface area contributed by atoms with Crippen molar-refractivity contribution in [1.82, 2.24) is 4.90 Å². The summed E-state index contributed by atoms with van der Waals surface area (Å²) in [5.74, 6) is -0.504. The molecule has 5 heteroatoms. The molecule has 0 aliphatic carbocycles. The van der Waals surface area contributed by atoms with Gasteiger partial charge in [0.15, 0.2) is 0 Å². The van der Waals surface area contributed by atoms with Gasteiger partial charge in [0.05, 0.1) is 4.99 Å². The van der Waals surface area contributed by atoms with E-state index in [1.54, 1.807) is 36.2 Å². The van der Waals surface area contributed by atoms with Crippen LogP contribution in [0.25, 0.3) is 10.8 Å². The third-order valence-electron chi connectivity index (χ3n) is 3.58. The van der Waals surface area contributed by atoms with Crippen LogP contribution in [0.1, 0.15) is 23.7 Å².